The Morgan fingerprint density at radius 1 is 1.04 bits per heavy atom. The fourth-order valence-corrected chi connectivity index (χ4v) is 3.08. The van der Waals surface area contributed by atoms with Gasteiger partial charge in [0.05, 0.1) is 12.8 Å². The minimum atomic E-state index is -0.182. The van der Waals surface area contributed by atoms with E-state index in [-0.39, 0.29) is 5.91 Å². The number of fused-ring (bicyclic) bond motifs is 1. The number of amides is 1. The van der Waals surface area contributed by atoms with Gasteiger partial charge in [-0.2, -0.15) is 5.10 Å². The van der Waals surface area contributed by atoms with Crippen LogP contribution < -0.4 is 5.32 Å². The molecule has 1 N–H and O–H groups in total. The molecule has 0 fully saturated rings. The van der Waals surface area contributed by atoms with Crippen LogP contribution in [0.3, 0.4) is 0 Å². The van der Waals surface area contributed by atoms with Gasteiger partial charge in [0.2, 0.25) is 0 Å². The standard InChI is InChI=1S/C21H20N4O2/c1-27-14-13-22-21(26)19-11-12-23-25(19)20-10-9-18-8-7-17(15-24(18)20)16-5-3-2-4-6-16/h2-12,15H,13-14H2,1H3,(H,22,26). The summed E-state index contributed by atoms with van der Waals surface area (Å²) in [6.45, 7) is 0.919. The van der Waals surface area contributed by atoms with Gasteiger partial charge in [-0.15, -0.1) is 0 Å². The van der Waals surface area contributed by atoms with Crippen molar-refractivity contribution in [1.29, 1.82) is 0 Å². The third-order valence-corrected chi connectivity index (χ3v) is 4.42. The summed E-state index contributed by atoms with van der Waals surface area (Å²) in [6, 6.07) is 20.0. The molecule has 6 nitrogen and oxygen atoms in total. The van der Waals surface area contributed by atoms with Crippen molar-refractivity contribution in [3.63, 3.8) is 0 Å². The number of pyridine rings is 1. The zero-order valence-corrected chi connectivity index (χ0v) is 15.0. The first-order valence-corrected chi connectivity index (χ1v) is 8.76. The summed E-state index contributed by atoms with van der Waals surface area (Å²) >= 11 is 0. The van der Waals surface area contributed by atoms with Crippen molar-refractivity contribution >= 4 is 11.4 Å². The molecule has 0 spiro atoms. The van der Waals surface area contributed by atoms with Crippen molar-refractivity contribution in [1.82, 2.24) is 19.5 Å². The Morgan fingerprint density at radius 3 is 2.67 bits per heavy atom. The summed E-state index contributed by atoms with van der Waals surface area (Å²) in [7, 11) is 1.60. The molecule has 0 aliphatic heterocycles. The van der Waals surface area contributed by atoms with E-state index >= 15 is 0 Å². The number of nitrogens with one attached hydrogen (secondary N) is 1. The first kappa shape index (κ1) is 17.1. The molecule has 0 atom stereocenters. The highest BCUT2D eigenvalue weighted by atomic mass is 16.5. The lowest BCUT2D eigenvalue weighted by atomic mass is 10.1. The fourth-order valence-electron chi connectivity index (χ4n) is 3.08. The number of aromatic nitrogens is 3. The van der Waals surface area contributed by atoms with Crippen LogP contribution in [0.2, 0.25) is 0 Å². The second-order valence-electron chi connectivity index (χ2n) is 6.15. The van der Waals surface area contributed by atoms with Crippen LogP contribution in [-0.2, 0) is 4.74 Å². The van der Waals surface area contributed by atoms with Crippen LogP contribution in [0.5, 0.6) is 0 Å². The molecule has 3 heterocycles. The molecule has 4 aromatic rings. The van der Waals surface area contributed by atoms with Gasteiger partial charge in [-0.3, -0.25) is 4.79 Å². The van der Waals surface area contributed by atoms with E-state index in [1.165, 1.54) is 0 Å². The highest BCUT2D eigenvalue weighted by Gasteiger charge is 2.15. The molecule has 0 radical (unpaired) electrons. The van der Waals surface area contributed by atoms with E-state index < -0.39 is 0 Å². The Kier molecular flexibility index (Phi) is 4.72. The first-order chi connectivity index (χ1) is 13.3. The molecule has 4 rings (SSSR count). The zero-order valence-electron chi connectivity index (χ0n) is 15.0. The summed E-state index contributed by atoms with van der Waals surface area (Å²) in [6.07, 6.45) is 3.69. The molecule has 1 amide bonds. The molecule has 3 aromatic heterocycles. The molecular weight excluding hydrogens is 340 g/mol. The lowest BCUT2D eigenvalue weighted by molar-refractivity contribution is 0.0929. The number of carbonyl (C=O) groups is 1. The van der Waals surface area contributed by atoms with Crippen molar-refractivity contribution in [2.45, 2.75) is 0 Å². The molecule has 0 bridgehead atoms. The maximum absolute atomic E-state index is 12.5. The molecule has 0 unspecified atom stereocenters. The second-order valence-corrected chi connectivity index (χ2v) is 6.15. The number of nitrogens with zero attached hydrogens (tertiary/aromatic N) is 3. The smallest absolute Gasteiger partial charge is 0.270 e. The van der Waals surface area contributed by atoms with Gasteiger partial charge < -0.3 is 14.5 Å². The number of hydrogen-bond donors (Lipinski definition) is 1. The lowest BCUT2D eigenvalue weighted by Gasteiger charge is -2.10. The third kappa shape index (κ3) is 3.35. The molecule has 6 heteroatoms. The second kappa shape index (κ2) is 7.47. The number of rotatable bonds is 6. The third-order valence-electron chi connectivity index (χ3n) is 4.42. The minimum Gasteiger partial charge on any atom is -0.383 e. The summed E-state index contributed by atoms with van der Waals surface area (Å²) in [5, 5.41) is 7.20. The lowest BCUT2D eigenvalue weighted by Crippen LogP contribution is -2.29. The molecule has 0 saturated heterocycles. The fraction of sp³-hybridized carbons (Fsp3) is 0.143. The predicted molar refractivity (Wildman–Crippen MR) is 104 cm³/mol. The largest absolute Gasteiger partial charge is 0.383 e. The Bertz CT molecular complexity index is 1070. The molecule has 136 valence electrons. The molecule has 0 aliphatic rings. The predicted octanol–water partition coefficient (Wildman–Crippen LogP) is 3.17. The van der Waals surface area contributed by atoms with Crippen LogP contribution >= 0.6 is 0 Å². The highest BCUT2D eigenvalue weighted by Crippen LogP contribution is 2.23. The van der Waals surface area contributed by atoms with Gasteiger partial charge in [0.15, 0.2) is 0 Å². The van der Waals surface area contributed by atoms with Crippen molar-refractivity contribution in [2.24, 2.45) is 0 Å². The van der Waals surface area contributed by atoms with Crippen LogP contribution in [0.25, 0.3) is 22.5 Å². The SMILES string of the molecule is COCCNC(=O)c1ccnn1-c1ccc2ccc(-c3ccccc3)cn12. The number of hydrogen-bond acceptors (Lipinski definition) is 3. The van der Waals surface area contributed by atoms with Gasteiger partial charge in [-0.05, 0) is 35.4 Å². The van der Waals surface area contributed by atoms with Crippen LogP contribution in [0.1, 0.15) is 10.5 Å². The van der Waals surface area contributed by atoms with Crippen LogP contribution in [-0.4, -0.2) is 40.3 Å². The normalized spacial score (nSPS) is 11.0. The number of ether oxygens (including phenoxy) is 1. The number of methoxy groups -OCH3 is 1. The van der Waals surface area contributed by atoms with E-state index in [4.69, 9.17) is 4.74 Å². The van der Waals surface area contributed by atoms with E-state index in [0.29, 0.717) is 18.8 Å². The van der Waals surface area contributed by atoms with E-state index in [1.807, 2.05) is 34.7 Å². The van der Waals surface area contributed by atoms with Crippen molar-refractivity contribution in [2.75, 3.05) is 20.3 Å². The quantitative estimate of drug-likeness (QED) is 0.537. The molecular formula is C21H20N4O2. The molecule has 27 heavy (non-hydrogen) atoms. The van der Waals surface area contributed by atoms with Gasteiger partial charge in [-0.1, -0.05) is 36.4 Å². The van der Waals surface area contributed by atoms with Gasteiger partial charge >= 0.3 is 0 Å². The van der Waals surface area contributed by atoms with Crippen molar-refractivity contribution in [3.05, 3.63) is 78.8 Å². The van der Waals surface area contributed by atoms with Crippen molar-refractivity contribution in [3.8, 4) is 16.9 Å². The van der Waals surface area contributed by atoms with Crippen molar-refractivity contribution < 1.29 is 9.53 Å². The molecule has 1 aromatic carbocycles. The van der Waals surface area contributed by atoms with Crippen LogP contribution in [0.15, 0.2) is 73.1 Å². The van der Waals surface area contributed by atoms with Gasteiger partial charge in [0.25, 0.3) is 5.91 Å². The Hall–Kier alpha value is -3.38. The Morgan fingerprint density at radius 2 is 1.85 bits per heavy atom. The van der Waals surface area contributed by atoms with E-state index in [1.54, 1.807) is 24.1 Å². The summed E-state index contributed by atoms with van der Waals surface area (Å²) in [4.78, 5) is 12.5. The summed E-state index contributed by atoms with van der Waals surface area (Å²) < 4.78 is 8.68. The number of benzene rings is 1. The van der Waals surface area contributed by atoms with Crippen LogP contribution in [0, 0.1) is 0 Å². The maximum Gasteiger partial charge on any atom is 0.270 e. The first-order valence-electron chi connectivity index (χ1n) is 8.76. The maximum atomic E-state index is 12.5. The van der Waals surface area contributed by atoms with Gasteiger partial charge in [0.1, 0.15) is 11.5 Å². The van der Waals surface area contributed by atoms with E-state index in [0.717, 1.165) is 22.5 Å². The average molecular weight is 360 g/mol. The van der Waals surface area contributed by atoms with Gasteiger partial charge in [-0.25, -0.2) is 4.68 Å². The number of carbonyl (C=O) groups excluding carboxylic acids is 1. The minimum absolute atomic E-state index is 0.182. The van der Waals surface area contributed by atoms with Crippen LogP contribution in [0.4, 0.5) is 0 Å². The summed E-state index contributed by atoms with van der Waals surface area (Å²) in [5.41, 5.74) is 3.75. The average Bonchev–Trinajstić information content (AvgIpc) is 3.35. The van der Waals surface area contributed by atoms with Gasteiger partial charge in [0, 0.05) is 25.4 Å². The summed E-state index contributed by atoms with van der Waals surface area (Å²) in [5.74, 6) is 0.628. The van der Waals surface area contributed by atoms with E-state index in [2.05, 4.69) is 40.9 Å². The Balaban J connectivity index is 1.73. The Labute approximate surface area is 157 Å². The molecule has 0 aliphatic carbocycles. The monoisotopic (exact) mass is 360 g/mol. The highest BCUT2D eigenvalue weighted by molar-refractivity contribution is 5.93. The molecule has 0 saturated carbocycles. The van der Waals surface area contributed by atoms with E-state index in [9.17, 15) is 4.79 Å². The topological polar surface area (TPSA) is 60.6 Å². The zero-order chi connectivity index (χ0) is 18.6.